The van der Waals surface area contributed by atoms with E-state index >= 15 is 0 Å². The predicted molar refractivity (Wildman–Crippen MR) is 116 cm³/mol. The van der Waals surface area contributed by atoms with Crippen molar-refractivity contribution in [3.05, 3.63) is 57.3 Å². The molecule has 0 bridgehead atoms. The molecule has 0 aromatic carbocycles. The van der Waals surface area contributed by atoms with Crippen molar-refractivity contribution in [1.82, 2.24) is 19.7 Å². The summed E-state index contributed by atoms with van der Waals surface area (Å²) in [7, 11) is 0. The highest BCUT2D eigenvalue weighted by Crippen LogP contribution is 2.29. The van der Waals surface area contributed by atoms with Crippen LogP contribution in [0.3, 0.4) is 0 Å². The molecular formula is C20H15FN6O5S. The zero-order chi connectivity index (χ0) is 23.3. The predicted octanol–water partition coefficient (Wildman–Crippen LogP) is 2.05. The van der Waals surface area contributed by atoms with Crippen LogP contribution >= 0.6 is 11.3 Å². The zero-order valence-corrected chi connectivity index (χ0v) is 17.8. The smallest absolute Gasteiger partial charge is 0.341 e. The molecule has 5 heterocycles. The van der Waals surface area contributed by atoms with Crippen LogP contribution in [0.25, 0.3) is 16.2 Å². The minimum absolute atomic E-state index is 0.0448. The molecule has 0 saturated carbocycles. The van der Waals surface area contributed by atoms with E-state index in [4.69, 9.17) is 4.52 Å². The molecule has 1 aliphatic heterocycles. The summed E-state index contributed by atoms with van der Waals surface area (Å²) in [4.78, 5) is 46.6. The molecule has 2 N–H and O–H groups in total. The van der Waals surface area contributed by atoms with Gasteiger partial charge in [-0.05, 0) is 13.0 Å². The molecule has 168 valence electrons. The molecule has 0 unspecified atom stereocenters. The minimum Gasteiger partial charge on any atom is -0.477 e. The first-order valence-corrected chi connectivity index (χ1v) is 10.6. The standard InChI is InChI=1S/C20H15FN6O5S/c1-9-4-14(25-32-9)23-18(29)10-6-26(7-10)17-13(21)5-11-15(28)12(19(30)31)8-27(16(11)24-17)20-22-2-3-33-20/h2-5,8,10H,6-7H2,1H3,(H,30,31)(H,23,25,29). The van der Waals surface area contributed by atoms with Gasteiger partial charge in [0.15, 0.2) is 28.2 Å². The van der Waals surface area contributed by atoms with Crippen LogP contribution in [0.2, 0.25) is 0 Å². The summed E-state index contributed by atoms with van der Waals surface area (Å²) < 4.78 is 21.2. The van der Waals surface area contributed by atoms with Crippen molar-refractivity contribution < 1.29 is 23.6 Å². The highest BCUT2D eigenvalue weighted by Gasteiger charge is 2.36. The molecule has 1 amide bonds. The first-order chi connectivity index (χ1) is 15.8. The van der Waals surface area contributed by atoms with Gasteiger partial charge >= 0.3 is 5.97 Å². The van der Waals surface area contributed by atoms with E-state index in [9.17, 15) is 23.9 Å². The van der Waals surface area contributed by atoms with E-state index in [1.807, 2.05) is 0 Å². The second-order valence-corrected chi connectivity index (χ2v) is 8.31. The third-order valence-electron chi connectivity index (χ3n) is 5.20. The van der Waals surface area contributed by atoms with Crippen LogP contribution in [0.5, 0.6) is 0 Å². The Bertz CT molecular complexity index is 1460. The number of halogens is 1. The van der Waals surface area contributed by atoms with E-state index in [0.717, 1.165) is 12.3 Å². The number of carboxylic acid groups (broad SMARTS) is 1. The number of hydrogen-bond donors (Lipinski definition) is 2. The van der Waals surface area contributed by atoms with Gasteiger partial charge in [-0.25, -0.2) is 19.2 Å². The molecular weight excluding hydrogens is 455 g/mol. The van der Waals surface area contributed by atoms with E-state index < -0.39 is 28.7 Å². The van der Waals surface area contributed by atoms with E-state index in [-0.39, 0.29) is 35.8 Å². The van der Waals surface area contributed by atoms with Crippen molar-refractivity contribution in [2.75, 3.05) is 23.3 Å². The maximum absolute atomic E-state index is 14.9. The van der Waals surface area contributed by atoms with Gasteiger partial charge in [-0.3, -0.25) is 14.2 Å². The van der Waals surface area contributed by atoms with E-state index in [2.05, 4.69) is 20.4 Å². The number of carboxylic acids is 1. The number of amides is 1. The number of aromatic carboxylic acids is 1. The van der Waals surface area contributed by atoms with E-state index in [1.54, 1.807) is 23.3 Å². The largest absolute Gasteiger partial charge is 0.477 e. The van der Waals surface area contributed by atoms with Crippen LogP contribution in [0.1, 0.15) is 16.1 Å². The van der Waals surface area contributed by atoms with E-state index in [0.29, 0.717) is 16.7 Å². The molecule has 0 radical (unpaired) electrons. The Kier molecular flexibility index (Phi) is 4.89. The Morgan fingerprint density at radius 1 is 1.33 bits per heavy atom. The molecule has 4 aromatic heterocycles. The highest BCUT2D eigenvalue weighted by molar-refractivity contribution is 7.12. The third kappa shape index (κ3) is 3.61. The lowest BCUT2D eigenvalue weighted by atomic mass is 9.99. The first-order valence-electron chi connectivity index (χ1n) is 9.70. The lowest BCUT2D eigenvalue weighted by Crippen LogP contribution is -2.52. The number of nitrogens with zero attached hydrogens (tertiary/aromatic N) is 5. The summed E-state index contributed by atoms with van der Waals surface area (Å²) in [6.07, 6.45) is 2.65. The van der Waals surface area contributed by atoms with Gasteiger partial charge in [0.05, 0.1) is 11.3 Å². The fourth-order valence-electron chi connectivity index (χ4n) is 3.54. The SMILES string of the molecule is Cc1cc(NC(=O)C2CN(c3nc4c(cc3F)c(=O)c(C(=O)O)cn4-c3nccs3)C2)no1. The van der Waals surface area contributed by atoms with Crippen LogP contribution in [0.15, 0.2) is 39.2 Å². The molecule has 1 fully saturated rings. The Labute approximate surface area is 188 Å². The zero-order valence-electron chi connectivity index (χ0n) is 17.0. The number of anilines is 2. The van der Waals surface area contributed by atoms with Crippen LogP contribution < -0.4 is 15.6 Å². The maximum Gasteiger partial charge on any atom is 0.341 e. The summed E-state index contributed by atoms with van der Waals surface area (Å²) in [5.41, 5.74) is -1.29. The van der Waals surface area contributed by atoms with Crippen molar-refractivity contribution in [2.45, 2.75) is 6.92 Å². The summed E-state index contributed by atoms with van der Waals surface area (Å²) in [6.45, 7) is 2.10. The molecule has 5 rings (SSSR count). The summed E-state index contributed by atoms with van der Waals surface area (Å²) in [6, 6.07) is 2.56. The number of hydrogen-bond acceptors (Lipinski definition) is 9. The number of nitrogens with one attached hydrogen (secondary N) is 1. The highest BCUT2D eigenvalue weighted by atomic mass is 32.1. The fraction of sp³-hybridized carbons (Fsp3) is 0.200. The number of aromatic nitrogens is 4. The van der Waals surface area contributed by atoms with Crippen molar-refractivity contribution in [1.29, 1.82) is 0 Å². The molecule has 4 aromatic rings. The molecule has 1 aliphatic rings. The van der Waals surface area contributed by atoms with Crippen LogP contribution in [0.4, 0.5) is 16.0 Å². The number of rotatable bonds is 5. The molecule has 33 heavy (non-hydrogen) atoms. The van der Waals surface area contributed by atoms with Gasteiger partial charge in [-0.1, -0.05) is 5.16 Å². The number of thiazole rings is 1. The second kappa shape index (κ2) is 7.78. The fourth-order valence-corrected chi connectivity index (χ4v) is 4.16. The molecule has 0 aliphatic carbocycles. The van der Waals surface area contributed by atoms with Crippen LogP contribution in [0, 0.1) is 18.7 Å². The van der Waals surface area contributed by atoms with Crippen molar-refractivity contribution >= 4 is 45.9 Å². The molecule has 0 spiro atoms. The van der Waals surface area contributed by atoms with Gasteiger partial charge in [0.2, 0.25) is 11.3 Å². The number of aryl methyl sites for hydroxylation is 1. The average Bonchev–Trinajstić information content (AvgIpc) is 3.40. The van der Waals surface area contributed by atoms with Crippen molar-refractivity contribution in [3.8, 4) is 5.13 Å². The third-order valence-corrected chi connectivity index (χ3v) is 5.97. The minimum atomic E-state index is -1.43. The van der Waals surface area contributed by atoms with Crippen LogP contribution in [-0.4, -0.2) is 49.8 Å². The molecule has 1 saturated heterocycles. The number of pyridine rings is 2. The second-order valence-electron chi connectivity index (χ2n) is 7.44. The topological polar surface area (TPSA) is 143 Å². The summed E-state index contributed by atoms with van der Waals surface area (Å²) in [5.74, 6) is -2.13. The number of carbonyl (C=O) groups is 2. The normalized spacial score (nSPS) is 13.8. The Morgan fingerprint density at radius 3 is 2.76 bits per heavy atom. The molecule has 13 heteroatoms. The molecule has 0 atom stereocenters. The quantitative estimate of drug-likeness (QED) is 0.448. The monoisotopic (exact) mass is 470 g/mol. The van der Waals surface area contributed by atoms with Gasteiger partial charge < -0.3 is 19.8 Å². The van der Waals surface area contributed by atoms with Gasteiger partial charge in [0, 0.05) is 36.9 Å². The lowest BCUT2D eigenvalue weighted by molar-refractivity contribution is -0.120. The average molecular weight is 470 g/mol. The number of fused-ring (bicyclic) bond motifs is 1. The first kappa shape index (κ1) is 20.8. The van der Waals surface area contributed by atoms with Crippen LogP contribution in [-0.2, 0) is 4.79 Å². The van der Waals surface area contributed by atoms with Gasteiger partial charge in [-0.2, -0.15) is 0 Å². The number of carbonyl (C=O) groups excluding carboxylic acids is 1. The van der Waals surface area contributed by atoms with Gasteiger partial charge in [-0.15, -0.1) is 11.3 Å². The van der Waals surface area contributed by atoms with Crippen molar-refractivity contribution in [3.63, 3.8) is 0 Å². The van der Waals surface area contributed by atoms with Crippen molar-refractivity contribution in [2.24, 2.45) is 5.92 Å². The van der Waals surface area contributed by atoms with Gasteiger partial charge in [0.25, 0.3) is 0 Å². The van der Waals surface area contributed by atoms with Gasteiger partial charge in [0.1, 0.15) is 11.3 Å². The Hall–Kier alpha value is -4.13. The summed E-state index contributed by atoms with van der Waals surface area (Å²) >= 11 is 1.21. The lowest BCUT2D eigenvalue weighted by Gasteiger charge is -2.39. The summed E-state index contributed by atoms with van der Waals surface area (Å²) in [5, 5.41) is 17.6. The maximum atomic E-state index is 14.9. The van der Waals surface area contributed by atoms with E-state index in [1.165, 1.54) is 22.1 Å². The Balaban J connectivity index is 1.48. The Morgan fingerprint density at radius 2 is 2.12 bits per heavy atom. The molecule has 11 nitrogen and oxygen atoms in total.